The van der Waals surface area contributed by atoms with Gasteiger partial charge in [0, 0.05) is 12.4 Å². The predicted molar refractivity (Wildman–Crippen MR) is 53.5 cm³/mol. The summed E-state index contributed by atoms with van der Waals surface area (Å²) in [5, 5.41) is 6.11. The van der Waals surface area contributed by atoms with Crippen LogP contribution in [-0.4, -0.2) is 34.3 Å². The molecule has 10 heteroatoms. The van der Waals surface area contributed by atoms with Crippen molar-refractivity contribution in [3.8, 4) is 0 Å². The third-order valence-corrected chi connectivity index (χ3v) is 5.71. The van der Waals surface area contributed by atoms with Crippen LogP contribution in [0.3, 0.4) is 0 Å². The molecule has 8 nitrogen and oxygen atoms in total. The molecule has 0 unspecified atom stereocenters. The Bertz CT molecular complexity index is 421. The highest BCUT2D eigenvalue weighted by molar-refractivity contribution is 7.72. The van der Waals surface area contributed by atoms with Gasteiger partial charge in [0.1, 0.15) is 0 Å². The van der Waals surface area contributed by atoms with Crippen LogP contribution in [-0.2, 0) is 15.7 Å². The molecule has 1 aromatic heterocycles. The van der Waals surface area contributed by atoms with Crippen molar-refractivity contribution in [3.63, 3.8) is 0 Å². The summed E-state index contributed by atoms with van der Waals surface area (Å²) < 4.78 is 23.0. The van der Waals surface area contributed by atoms with Crippen molar-refractivity contribution in [3.05, 3.63) is 24.5 Å². The van der Waals surface area contributed by atoms with Gasteiger partial charge in [-0.25, -0.2) is 0 Å². The molecule has 0 aliphatic heterocycles. The van der Waals surface area contributed by atoms with Crippen LogP contribution < -0.4 is 0 Å². The highest BCUT2D eigenvalue weighted by Gasteiger charge is 2.59. The van der Waals surface area contributed by atoms with Gasteiger partial charge in [0.2, 0.25) is 0 Å². The van der Waals surface area contributed by atoms with E-state index in [1.165, 1.54) is 24.5 Å². The molecule has 0 aromatic carbocycles. The van der Waals surface area contributed by atoms with Crippen LogP contribution in [0.15, 0.2) is 24.5 Å². The first-order valence-electron chi connectivity index (χ1n) is 4.02. The van der Waals surface area contributed by atoms with Gasteiger partial charge in [-0.15, -0.1) is 0 Å². The maximum atomic E-state index is 11.0. The molecular formula is C6H11NO7P2. The molecule has 92 valence electrons. The molecule has 1 rings (SSSR count). The standard InChI is InChI=1S/C6H11NO7P2/c8-6(15(9,10)11,16(12,13)14)5-7-3-1-2-4-7/h1-4,8H,5H2,(H2,9,10,11)(H2,12,13,14). The third-order valence-electron chi connectivity index (χ3n) is 1.99. The Morgan fingerprint density at radius 2 is 1.38 bits per heavy atom. The lowest BCUT2D eigenvalue weighted by Crippen LogP contribution is -2.33. The number of hydrogen-bond acceptors (Lipinski definition) is 3. The molecule has 0 spiro atoms. The molecule has 0 fully saturated rings. The van der Waals surface area contributed by atoms with E-state index in [1.807, 2.05) is 0 Å². The molecule has 1 aromatic rings. The maximum Gasteiger partial charge on any atom is 0.371 e. The Morgan fingerprint density at radius 1 is 1.00 bits per heavy atom. The zero-order valence-electron chi connectivity index (χ0n) is 7.91. The van der Waals surface area contributed by atoms with E-state index in [4.69, 9.17) is 19.6 Å². The van der Waals surface area contributed by atoms with Crippen molar-refractivity contribution in [1.82, 2.24) is 4.57 Å². The van der Waals surface area contributed by atoms with E-state index in [0.717, 1.165) is 4.57 Å². The van der Waals surface area contributed by atoms with E-state index in [9.17, 15) is 14.2 Å². The molecule has 0 radical (unpaired) electrons. The van der Waals surface area contributed by atoms with Gasteiger partial charge >= 0.3 is 15.2 Å². The predicted octanol–water partition coefficient (Wildman–Crippen LogP) is -0.510. The second-order valence-electron chi connectivity index (χ2n) is 3.22. The molecule has 0 aliphatic carbocycles. The molecule has 5 N–H and O–H groups in total. The molecule has 0 aliphatic rings. The van der Waals surface area contributed by atoms with Crippen molar-refractivity contribution < 1.29 is 33.8 Å². The second kappa shape index (κ2) is 4.09. The average molecular weight is 271 g/mol. The largest absolute Gasteiger partial charge is 0.371 e. The van der Waals surface area contributed by atoms with Crippen molar-refractivity contribution in [2.24, 2.45) is 0 Å². The molecule has 1 heterocycles. The van der Waals surface area contributed by atoms with Crippen LogP contribution in [0.1, 0.15) is 0 Å². The van der Waals surface area contributed by atoms with E-state index in [-0.39, 0.29) is 0 Å². The number of aromatic nitrogens is 1. The van der Waals surface area contributed by atoms with Gasteiger partial charge in [-0.1, -0.05) is 0 Å². The number of nitrogens with zero attached hydrogens (tertiary/aromatic N) is 1. The van der Waals surface area contributed by atoms with E-state index in [0.29, 0.717) is 0 Å². The number of hydrogen-bond donors (Lipinski definition) is 5. The molecule has 0 saturated carbocycles. The minimum atomic E-state index is -5.38. The minimum absolute atomic E-state index is 0.894. The van der Waals surface area contributed by atoms with Crippen molar-refractivity contribution in [2.45, 2.75) is 11.6 Å². The topological polar surface area (TPSA) is 140 Å². The van der Waals surface area contributed by atoms with Gasteiger partial charge in [0.15, 0.2) is 0 Å². The Balaban J connectivity index is 3.18. The molecule has 0 atom stereocenters. The van der Waals surface area contributed by atoms with Gasteiger partial charge in [0.05, 0.1) is 6.54 Å². The Morgan fingerprint density at radius 3 is 1.69 bits per heavy atom. The van der Waals surface area contributed by atoms with Crippen LogP contribution >= 0.6 is 15.2 Å². The Hall–Kier alpha value is -0.460. The first-order valence-corrected chi connectivity index (χ1v) is 7.25. The first-order chi connectivity index (χ1) is 7.08. The fourth-order valence-electron chi connectivity index (χ4n) is 1.07. The third kappa shape index (κ3) is 2.44. The summed E-state index contributed by atoms with van der Waals surface area (Å²) in [6.45, 7) is -0.894. The number of aliphatic hydroxyl groups is 1. The SMILES string of the molecule is O=P(O)(O)C(O)(Cn1cccc1)P(=O)(O)O. The lowest BCUT2D eigenvalue weighted by Gasteiger charge is -2.29. The summed E-state index contributed by atoms with van der Waals surface area (Å²) >= 11 is 0. The summed E-state index contributed by atoms with van der Waals surface area (Å²) in [6, 6.07) is 2.97. The highest BCUT2D eigenvalue weighted by atomic mass is 31.2. The van der Waals surface area contributed by atoms with Crippen LogP contribution in [0.25, 0.3) is 0 Å². The average Bonchev–Trinajstić information content (AvgIpc) is 2.52. The first kappa shape index (κ1) is 13.6. The van der Waals surface area contributed by atoms with Crippen LogP contribution in [0.2, 0.25) is 0 Å². The molecule has 16 heavy (non-hydrogen) atoms. The zero-order valence-corrected chi connectivity index (χ0v) is 9.70. The summed E-state index contributed by atoms with van der Waals surface area (Å²) in [6.07, 6.45) is 2.63. The van der Waals surface area contributed by atoms with Crippen LogP contribution in [0.5, 0.6) is 0 Å². The van der Waals surface area contributed by atoms with Crippen molar-refractivity contribution in [2.75, 3.05) is 0 Å². The molecule has 0 amide bonds. The normalized spacial score (nSPS) is 14.1. The minimum Gasteiger partial charge on any atom is -0.366 e. The highest BCUT2D eigenvalue weighted by Crippen LogP contribution is 2.67. The van der Waals surface area contributed by atoms with E-state index in [1.54, 1.807) is 0 Å². The summed E-state index contributed by atoms with van der Waals surface area (Å²) in [5.41, 5.74) is 0. The summed E-state index contributed by atoms with van der Waals surface area (Å²) in [7, 11) is -10.8. The van der Waals surface area contributed by atoms with Crippen LogP contribution in [0, 0.1) is 0 Å². The Kier molecular flexibility index (Phi) is 3.47. The van der Waals surface area contributed by atoms with Gasteiger partial charge in [0.25, 0.3) is 5.08 Å². The summed E-state index contributed by atoms with van der Waals surface area (Å²) in [5.74, 6) is 0. The van der Waals surface area contributed by atoms with Crippen molar-refractivity contribution in [1.29, 1.82) is 0 Å². The quantitative estimate of drug-likeness (QED) is 0.464. The van der Waals surface area contributed by atoms with Gasteiger partial charge in [-0.2, -0.15) is 0 Å². The van der Waals surface area contributed by atoms with Crippen molar-refractivity contribution >= 4 is 15.2 Å². The van der Waals surface area contributed by atoms with Crippen LogP contribution in [0.4, 0.5) is 0 Å². The van der Waals surface area contributed by atoms with Gasteiger partial charge in [-0.3, -0.25) is 9.13 Å². The maximum absolute atomic E-state index is 11.0. The fraction of sp³-hybridized carbons (Fsp3) is 0.333. The fourth-order valence-corrected chi connectivity index (χ4v) is 3.13. The number of rotatable bonds is 4. The zero-order chi connectivity index (χ0) is 12.6. The lowest BCUT2D eigenvalue weighted by molar-refractivity contribution is 0.115. The smallest absolute Gasteiger partial charge is 0.366 e. The van der Waals surface area contributed by atoms with E-state index >= 15 is 0 Å². The lowest BCUT2D eigenvalue weighted by atomic mass is 10.6. The Labute approximate surface area is 90.5 Å². The van der Waals surface area contributed by atoms with Gasteiger partial charge < -0.3 is 29.2 Å². The van der Waals surface area contributed by atoms with E-state index in [2.05, 4.69) is 0 Å². The monoisotopic (exact) mass is 271 g/mol. The molecular weight excluding hydrogens is 260 g/mol. The molecule has 0 saturated heterocycles. The molecule has 0 bridgehead atoms. The van der Waals surface area contributed by atoms with E-state index < -0.39 is 26.8 Å². The second-order valence-corrected chi connectivity index (χ2v) is 7.23. The van der Waals surface area contributed by atoms with Gasteiger partial charge in [-0.05, 0) is 12.1 Å². The summed E-state index contributed by atoms with van der Waals surface area (Å²) in [4.78, 5) is 35.3.